The molecule has 1 heterocycles. The van der Waals surface area contributed by atoms with Crippen molar-refractivity contribution in [2.24, 2.45) is 0 Å². The fraction of sp³-hybridized carbons (Fsp3) is 0.375. The Kier molecular flexibility index (Phi) is 8.91. The summed E-state index contributed by atoms with van der Waals surface area (Å²) in [6.07, 6.45) is 1.88. The fourth-order valence-electron chi connectivity index (χ4n) is 3.66. The van der Waals surface area contributed by atoms with Crippen LogP contribution in [0.1, 0.15) is 12.0 Å². The molecule has 0 radical (unpaired) electrons. The Morgan fingerprint density at radius 1 is 0.971 bits per heavy atom. The minimum atomic E-state index is -3.48. The number of anilines is 1. The topological polar surface area (TPSA) is 97.4 Å². The second kappa shape index (κ2) is 11.9. The summed E-state index contributed by atoms with van der Waals surface area (Å²) in [6.45, 7) is 2.43. The molecular weight excluding hydrogens is 458 g/mol. The Morgan fingerprint density at radius 2 is 1.59 bits per heavy atom. The van der Waals surface area contributed by atoms with Crippen LogP contribution in [0.25, 0.3) is 6.08 Å². The summed E-state index contributed by atoms with van der Waals surface area (Å²) in [5.74, 6) is 1.20. The zero-order valence-corrected chi connectivity index (χ0v) is 20.5. The van der Waals surface area contributed by atoms with Gasteiger partial charge >= 0.3 is 0 Å². The molecule has 0 spiro atoms. The number of hydrogen-bond donors (Lipinski definition) is 1. The van der Waals surface area contributed by atoms with Crippen LogP contribution in [-0.2, 0) is 14.8 Å². The number of piperazine rings is 1. The van der Waals surface area contributed by atoms with Crippen LogP contribution in [0.15, 0.2) is 47.9 Å². The molecule has 2 aromatic rings. The molecule has 10 heteroatoms. The molecule has 1 aliphatic heterocycles. The second-order valence-electron chi connectivity index (χ2n) is 7.71. The van der Waals surface area contributed by atoms with E-state index in [0.29, 0.717) is 55.7 Å². The van der Waals surface area contributed by atoms with Crippen LogP contribution in [0.4, 0.5) is 5.69 Å². The predicted octanol–water partition coefficient (Wildman–Crippen LogP) is 2.66. The van der Waals surface area contributed by atoms with E-state index in [-0.39, 0.29) is 12.3 Å². The smallest absolute Gasteiger partial charge is 0.236 e. The minimum absolute atomic E-state index is 0.157. The number of rotatable bonds is 10. The number of methoxy groups -OCH3 is 3. The van der Waals surface area contributed by atoms with E-state index < -0.39 is 10.0 Å². The van der Waals surface area contributed by atoms with Crippen molar-refractivity contribution in [2.75, 3.05) is 59.4 Å². The van der Waals surface area contributed by atoms with Gasteiger partial charge in [0.25, 0.3) is 0 Å². The van der Waals surface area contributed by atoms with Gasteiger partial charge in [-0.1, -0.05) is 30.3 Å². The van der Waals surface area contributed by atoms with Crippen LogP contribution < -0.4 is 19.5 Å². The molecule has 34 heavy (non-hydrogen) atoms. The second-order valence-corrected chi connectivity index (χ2v) is 9.53. The largest absolute Gasteiger partial charge is 0.493 e. The van der Waals surface area contributed by atoms with Crippen molar-refractivity contribution < 1.29 is 27.4 Å². The summed E-state index contributed by atoms with van der Waals surface area (Å²) >= 11 is 0. The van der Waals surface area contributed by atoms with Crippen LogP contribution in [0.3, 0.4) is 0 Å². The number of nitrogens with one attached hydrogen (secondary N) is 1. The first-order chi connectivity index (χ1) is 16.4. The Hall–Kier alpha value is -3.08. The first-order valence-electron chi connectivity index (χ1n) is 10.9. The predicted molar refractivity (Wildman–Crippen MR) is 132 cm³/mol. The van der Waals surface area contributed by atoms with Gasteiger partial charge in [0, 0.05) is 62.4 Å². The maximum absolute atomic E-state index is 12.6. The number of hydrogen-bond acceptors (Lipinski definition) is 7. The van der Waals surface area contributed by atoms with E-state index in [1.807, 2.05) is 30.3 Å². The molecule has 0 bridgehead atoms. The first kappa shape index (κ1) is 25.5. The maximum Gasteiger partial charge on any atom is 0.236 e. The van der Waals surface area contributed by atoms with Crippen molar-refractivity contribution in [2.45, 2.75) is 6.42 Å². The Balaban J connectivity index is 1.49. The lowest BCUT2D eigenvalue weighted by Gasteiger charge is -2.33. The lowest BCUT2D eigenvalue weighted by molar-refractivity contribution is -0.116. The third-order valence-corrected chi connectivity index (χ3v) is 7.09. The van der Waals surface area contributed by atoms with Gasteiger partial charge in [-0.15, -0.1) is 0 Å². The molecular formula is C24H31N3O6S. The van der Waals surface area contributed by atoms with Gasteiger partial charge in [-0.05, 0) is 11.6 Å². The molecule has 184 valence electrons. The number of benzene rings is 2. The molecule has 0 unspecified atom stereocenters. The van der Waals surface area contributed by atoms with Gasteiger partial charge in [-0.25, -0.2) is 8.42 Å². The average Bonchev–Trinajstić information content (AvgIpc) is 2.86. The third kappa shape index (κ3) is 6.72. The molecule has 1 N–H and O–H groups in total. The van der Waals surface area contributed by atoms with Crippen LogP contribution in [0.5, 0.6) is 17.2 Å². The van der Waals surface area contributed by atoms with Gasteiger partial charge < -0.3 is 24.4 Å². The van der Waals surface area contributed by atoms with Crippen molar-refractivity contribution in [3.05, 3.63) is 53.4 Å². The van der Waals surface area contributed by atoms with Crippen LogP contribution in [0.2, 0.25) is 0 Å². The maximum atomic E-state index is 12.6. The quantitative estimate of drug-likeness (QED) is 0.548. The molecule has 0 saturated carbocycles. The molecule has 0 aromatic heterocycles. The highest BCUT2D eigenvalue weighted by atomic mass is 32.2. The number of ether oxygens (including phenoxy) is 3. The molecule has 1 saturated heterocycles. The zero-order valence-electron chi connectivity index (χ0n) is 19.7. The van der Waals surface area contributed by atoms with Crippen molar-refractivity contribution in [3.63, 3.8) is 0 Å². The average molecular weight is 490 g/mol. The zero-order chi connectivity index (χ0) is 24.6. The van der Waals surface area contributed by atoms with E-state index in [1.165, 1.54) is 31.0 Å². The standard InChI is InChI=1S/C24H31N3O6S/c1-31-21-17-20(18-22(32-2)24(21)33-3)25-23(28)9-11-26-12-14-27(15-13-26)34(29,30)16-10-19-7-5-4-6-8-19/h4-8,10,16-18H,9,11-15H2,1-3H3,(H,25,28)/b16-10+. The van der Waals surface area contributed by atoms with Gasteiger partial charge in [0.15, 0.2) is 11.5 Å². The van der Waals surface area contributed by atoms with Crippen LogP contribution in [-0.4, -0.2) is 77.6 Å². The minimum Gasteiger partial charge on any atom is -0.493 e. The molecule has 1 fully saturated rings. The normalized spacial score (nSPS) is 15.3. The van der Waals surface area contributed by atoms with Gasteiger partial charge in [0.2, 0.25) is 21.7 Å². The summed E-state index contributed by atoms with van der Waals surface area (Å²) in [4.78, 5) is 14.6. The monoisotopic (exact) mass is 489 g/mol. The van der Waals surface area contributed by atoms with Crippen LogP contribution in [0, 0.1) is 0 Å². The molecule has 1 amide bonds. The summed E-state index contributed by atoms with van der Waals surface area (Å²) in [5.41, 5.74) is 1.38. The highest BCUT2D eigenvalue weighted by Crippen LogP contribution is 2.39. The molecule has 0 atom stereocenters. The lowest BCUT2D eigenvalue weighted by Crippen LogP contribution is -2.48. The number of nitrogens with zero attached hydrogens (tertiary/aromatic N) is 2. The molecule has 2 aromatic carbocycles. The Bertz CT molecular complexity index is 1070. The summed E-state index contributed by atoms with van der Waals surface area (Å²) in [5, 5.41) is 4.10. The van der Waals surface area contributed by atoms with Gasteiger partial charge in [0.05, 0.1) is 21.3 Å². The van der Waals surface area contributed by atoms with Crippen molar-refractivity contribution in [1.82, 2.24) is 9.21 Å². The highest BCUT2D eigenvalue weighted by Gasteiger charge is 2.25. The summed E-state index contributed by atoms with van der Waals surface area (Å²) in [7, 11) is 1.06. The summed E-state index contributed by atoms with van der Waals surface area (Å²) in [6, 6.07) is 12.7. The van der Waals surface area contributed by atoms with Crippen LogP contribution >= 0.6 is 0 Å². The lowest BCUT2D eigenvalue weighted by atomic mass is 10.2. The number of carbonyl (C=O) groups is 1. The van der Waals surface area contributed by atoms with Crippen molar-refractivity contribution >= 4 is 27.7 Å². The van der Waals surface area contributed by atoms with E-state index in [4.69, 9.17) is 14.2 Å². The first-order valence-corrected chi connectivity index (χ1v) is 12.4. The Morgan fingerprint density at radius 3 is 2.15 bits per heavy atom. The number of amides is 1. The fourth-order valence-corrected chi connectivity index (χ4v) is 4.83. The van der Waals surface area contributed by atoms with Gasteiger partial charge in [0.1, 0.15) is 0 Å². The highest BCUT2D eigenvalue weighted by molar-refractivity contribution is 7.92. The molecule has 9 nitrogen and oxygen atoms in total. The molecule has 3 rings (SSSR count). The van der Waals surface area contributed by atoms with E-state index in [9.17, 15) is 13.2 Å². The molecule has 0 aliphatic carbocycles. The summed E-state index contributed by atoms with van der Waals surface area (Å²) < 4.78 is 42.6. The van der Waals surface area contributed by atoms with E-state index in [1.54, 1.807) is 18.2 Å². The third-order valence-electron chi connectivity index (χ3n) is 5.53. The van der Waals surface area contributed by atoms with Gasteiger partial charge in [-0.3, -0.25) is 4.79 Å². The van der Waals surface area contributed by atoms with E-state index in [0.717, 1.165) is 5.56 Å². The van der Waals surface area contributed by atoms with Crippen molar-refractivity contribution in [3.8, 4) is 17.2 Å². The van der Waals surface area contributed by atoms with Crippen molar-refractivity contribution in [1.29, 1.82) is 0 Å². The number of sulfonamides is 1. The SMILES string of the molecule is COc1cc(NC(=O)CCN2CCN(S(=O)(=O)/C=C/c3ccccc3)CC2)cc(OC)c1OC. The van der Waals surface area contributed by atoms with E-state index in [2.05, 4.69) is 10.2 Å². The molecule has 1 aliphatic rings. The van der Waals surface area contributed by atoms with E-state index >= 15 is 0 Å². The Labute approximate surface area is 201 Å². The number of carbonyl (C=O) groups excluding carboxylic acids is 1. The van der Waals surface area contributed by atoms with Gasteiger partial charge in [-0.2, -0.15) is 4.31 Å².